The first-order chi connectivity index (χ1) is 11.6. The second-order valence-electron chi connectivity index (χ2n) is 6.32. The molecule has 138 valence electrons. The molecule has 1 saturated heterocycles. The molecule has 0 amide bonds. The van der Waals surface area contributed by atoms with Crippen LogP contribution in [0, 0.1) is 17.2 Å². The average Bonchev–Trinajstić information content (AvgIpc) is 2.53. The third-order valence-corrected chi connectivity index (χ3v) is 4.47. The van der Waals surface area contributed by atoms with Gasteiger partial charge in [0.2, 0.25) is 0 Å². The van der Waals surface area contributed by atoms with Gasteiger partial charge in [0.25, 0.3) is 0 Å². The van der Waals surface area contributed by atoms with Gasteiger partial charge in [0, 0.05) is 19.5 Å². The minimum Gasteiger partial charge on any atom is -0.302 e. The quantitative estimate of drug-likeness (QED) is 0.705. The van der Waals surface area contributed by atoms with Crippen molar-refractivity contribution >= 4 is 0 Å². The number of halogens is 6. The Kier molecular flexibility index (Phi) is 5.99. The molecule has 0 N–H and O–H groups in total. The maximum absolute atomic E-state index is 13.0. The van der Waals surface area contributed by atoms with E-state index in [4.69, 9.17) is 5.26 Å². The largest absolute Gasteiger partial charge is 0.416 e. The van der Waals surface area contributed by atoms with Crippen molar-refractivity contribution in [2.45, 2.75) is 37.5 Å². The number of nitriles is 1. The van der Waals surface area contributed by atoms with Crippen LogP contribution < -0.4 is 0 Å². The highest BCUT2D eigenvalue weighted by Gasteiger charge is 2.41. The van der Waals surface area contributed by atoms with E-state index in [0.717, 1.165) is 12.1 Å². The first-order valence-corrected chi connectivity index (χ1v) is 7.94. The maximum Gasteiger partial charge on any atom is 0.416 e. The SMILES string of the molecule is N#CC[C@@H](CN1CCC[C@@H](c2cccc(C(F)(F)F)c2)C1)C(F)(F)F. The fourth-order valence-electron chi connectivity index (χ4n) is 3.17. The summed E-state index contributed by atoms with van der Waals surface area (Å²) in [4.78, 5) is 1.60. The Balaban J connectivity index is 2.09. The van der Waals surface area contributed by atoms with Crippen molar-refractivity contribution in [1.82, 2.24) is 4.90 Å². The van der Waals surface area contributed by atoms with E-state index in [1.807, 2.05) is 0 Å². The molecule has 25 heavy (non-hydrogen) atoms. The van der Waals surface area contributed by atoms with Crippen LogP contribution in [-0.4, -0.2) is 30.7 Å². The first-order valence-electron chi connectivity index (χ1n) is 7.94. The van der Waals surface area contributed by atoms with Crippen LogP contribution in [0.5, 0.6) is 0 Å². The lowest BCUT2D eigenvalue weighted by atomic mass is 9.89. The molecule has 0 aromatic heterocycles. The van der Waals surface area contributed by atoms with Crippen molar-refractivity contribution in [1.29, 1.82) is 5.26 Å². The fourth-order valence-corrected chi connectivity index (χ4v) is 3.17. The highest BCUT2D eigenvalue weighted by atomic mass is 19.4. The number of rotatable bonds is 4. The van der Waals surface area contributed by atoms with Gasteiger partial charge in [-0.15, -0.1) is 0 Å². The van der Waals surface area contributed by atoms with Gasteiger partial charge in [-0.2, -0.15) is 31.6 Å². The second kappa shape index (κ2) is 7.65. The van der Waals surface area contributed by atoms with Gasteiger partial charge in [0.05, 0.1) is 17.6 Å². The van der Waals surface area contributed by atoms with Crippen molar-refractivity contribution in [3.8, 4) is 6.07 Å². The molecule has 1 aromatic rings. The molecular weight excluding hydrogens is 346 g/mol. The Bertz CT molecular complexity index is 617. The van der Waals surface area contributed by atoms with Gasteiger partial charge < -0.3 is 4.90 Å². The van der Waals surface area contributed by atoms with E-state index >= 15 is 0 Å². The molecule has 2 atom stereocenters. The molecule has 0 aliphatic carbocycles. The molecular formula is C17H18F6N2. The zero-order valence-corrected chi connectivity index (χ0v) is 13.4. The number of hydrogen-bond acceptors (Lipinski definition) is 2. The Morgan fingerprint density at radius 2 is 1.92 bits per heavy atom. The molecule has 0 unspecified atom stereocenters. The Hall–Kier alpha value is -1.75. The van der Waals surface area contributed by atoms with Gasteiger partial charge in [0.15, 0.2) is 0 Å². The summed E-state index contributed by atoms with van der Waals surface area (Å²) >= 11 is 0. The molecule has 1 heterocycles. The highest BCUT2D eigenvalue weighted by molar-refractivity contribution is 5.28. The van der Waals surface area contributed by atoms with Crippen LogP contribution in [0.4, 0.5) is 26.3 Å². The zero-order chi connectivity index (χ0) is 18.7. The molecule has 1 fully saturated rings. The van der Waals surface area contributed by atoms with Crippen molar-refractivity contribution in [3.63, 3.8) is 0 Å². The number of piperidine rings is 1. The Labute approximate surface area is 142 Å². The van der Waals surface area contributed by atoms with Crippen LogP contribution in [0.2, 0.25) is 0 Å². The van der Waals surface area contributed by atoms with Gasteiger partial charge >= 0.3 is 12.4 Å². The lowest BCUT2D eigenvalue weighted by Gasteiger charge is -2.35. The topological polar surface area (TPSA) is 27.0 Å². The third-order valence-electron chi connectivity index (χ3n) is 4.47. The van der Waals surface area contributed by atoms with E-state index < -0.39 is 30.3 Å². The Morgan fingerprint density at radius 1 is 1.20 bits per heavy atom. The summed E-state index contributed by atoms with van der Waals surface area (Å²) in [6.45, 7) is 0.416. The van der Waals surface area contributed by atoms with Crippen LogP contribution in [0.15, 0.2) is 24.3 Å². The van der Waals surface area contributed by atoms with E-state index in [-0.39, 0.29) is 19.0 Å². The van der Waals surface area contributed by atoms with Crippen LogP contribution in [0.25, 0.3) is 0 Å². The molecule has 1 aliphatic heterocycles. The molecule has 2 nitrogen and oxygen atoms in total. The summed E-state index contributed by atoms with van der Waals surface area (Å²) in [5.41, 5.74) is -0.261. The monoisotopic (exact) mass is 364 g/mol. The number of benzene rings is 1. The standard InChI is InChI=1S/C17H18F6N2/c18-16(19,20)14-5-1-3-12(9-14)13-4-2-8-25(10-13)11-15(6-7-24)17(21,22)23/h1,3,5,9,13,15H,2,4,6,8,10-11H2/t13-,15+/m1/s1. The van der Waals surface area contributed by atoms with Crippen LogP contribution in [0.3, 0.4) is 0 Å². The lowest BCUT2D eigenvalue weighted by Crippen LogP contribution is -2.41. The fraction of sp³-hybridized carbons (Fsp3) is 0.588. The summed E-state index contributed by atoms with van der Waals surface area (Å²) < 4.78 is 77.4. The molecule has 0 spiro atoms. The van der Waals surface area contributed by atoms with E-state index in [9.17, 15) is 26.3 Å². The lowest BCUT2D eigenvalue weighted by molar-refractivity contribution is -0.178. The van der Waals surface area contributed by atoms with Gasteiger partial charge in [-0.25, -0.2) is 0 Å². The normalized spacial score (nSPS) is 20.9. The van der Waals surface area contributed by atoms with E-state index in [0.29, 0.717) is 24.9 Å². The van der Waals surface area contributed by atoms with E-state index in [1.165, 1.54) is 6.07 Å². The minimum atomic E-state index is -4.46. The van der Waals surface area contributed by atoms with Crippen molar-refractivity contribution < 1.29 is 26.3 Å². The number of alkyl halides is 6. The van der Waals surface area contributed by atoms with E-state index in [1.54, 1.807) is 17.0 Å². The average molecular weight is 364 g/mol. The van der Waals surface area contributed by atoms with Gasteiger partial charge in [0.1, 0.15) is 0 Å². The number of likely N-dealkylation sites (tertiary alicyclic amines) is 1. The number of nitrogens with zero attached hydrogens (tertiary/aromatic N) is 2. The maximum atomic E-state index is 13.0. The third kappa shape index (κ3) is 5.36. The van der Waals surface area contributed by atoms with Crippen molar-refractivity contribution in [2.24, 2.45) is 5.92 Å². The second-order valence-corrected chi connectivity index (χ2v) is 6.32. The van der Waals surface area contributed by atoms with Crippen molar-refractivity contribution in [3.05, 3.63) is 35.4 Å². The van der Waals surface area contributed by atoms with Gasteiger partial charge in [-0.05, 0) is 36.9 Å². The smallest absolute Gasteiger partial charge is 0.302 e. The van der Waals surface area contributed by atoms with E-state index in [2.05, 4.69) is 0 Å². The van der Waals surface area contributed by atoms with Crippen molar-refractivity contribution in [2.75, 3.05) is 19.6 Å². The molecule has 0 bridgehead atoms. The summed E-state index contributed by atoms with van der Waals surface area (Å²) in [5, 5.41) is 8.59. The summed E-state index contributed by atoms with van der Waals surface area (Å²) in [6.07, 6.45) is -8.28. The molecule has 1 aromatic carbocycles. The molecule has 0 saturated carbocycles. The van der Waals surface area contributed by atoms with Crippen LogP contribution >= 0.6 is 0 Å². The molecule has 8 heteroatoms. The van der Waals surface area contributed by atoms with Gasteiger partial charge in [-0.3, -0.25) is 0 Å². The first kappa shape index (κ1) is 19.6. The summed E-state index contributed by atoms with van der Waals surface area (Å²) in [7, 11) is 0. The van der Waals surface area contributed by atoms with Crippen LogP contribution in [-0.2, 0) is 6.18 Å². The van der Waals surface area contributed by atoms with Crippen LogP contribution in [0.1, 0.15) is 36.3 Å². The summed E-state index contributed by atoms with van der Waals surface area (Å²) in [5.74, 6) is -1.98. The molecule has 0 radical (unpaired) electrons. The predicted octanol–water partition coefficient (Wildman–Crippen LogP) is 4.98. The van der Waals surface area contributed by atoms with Gasteiger partial charge in [-0.1, -0.05) is 18.2 Å². The summed E-state index contributed by atoms with van der Waals surface area (Å²) in [6, 6.07) is 6.52. The number of hydrogen-bond donors (Lipinski definition) is 0. The highest BCUT2D eigenvalue weighted by Crippen LogP contribution is 2.35. The molecule has 2 rings (SSSR count). The predicted molar refractivity (Wildman–Crippen MR) is 79.6 cm³/mol. The minimum absolute atomic E-state index is 0.244. The zero-order valence-electron chi connectivity index (χ0n) is 13.4. The Morgan fingerprint density at radius 3 is 2.52 bits per heavy atom. The molecule has 1 aliphatic rings.